The van der Waals surface area contributed by atoms with Crippen molar-refractivity contribution in [2.75, 3.05) is 11.1 Å². The Balaban J connectivity index is 2.53. The molecule has 1 heterocycles. The van der Waals surface area contributed by atoms with E-state index >= 15 is 0 Å². The smallest absolute Gasteiger partial charge is 0.332 e. The zero-order chi connectivity index (χ0) is 18.2. The molecule has 126 valence electrons. The highest BCUT2D eigenvalue weighted by Gasteiger charge is 2.20. The molecule has 0 spiro atoms. The van der Waals surface area contributed by atoms with E-state index in [9.17, 15) is 24.3 Å². The van der Waals surface area contributed by atoms with Crippen molar-refractivity contribution in [3.05, 3.63) is 50.2 Å². The number of amides is 1. The summed E-state index contributed by atoms with van der Waals surface area (Å²) >= 11 is 0. The molecule has 0 unspecified atom stereocenters. The number of para-hydroxylation sites is 1. The van der Waals surface area contributed by atoms with Gasteiger partial charge in [0.25, 0.3) is 11.5 Å². The Kier molecular flexibility index (Phi) is 4.27. The van der Waals surface area contributed by atoms with Crippen molar-refractivity contribution in [1.82, 2.24) is 9.13 Å². The van der Waals surface area contributed by atoms with Crippen molar-refractivity contribution in [3.8, 4) is 5.75 Å². The number of hydrogen-bond donors (Lipinski definition) is 3. The van der Waals surface area contributed by atoms with Crippen molar-refractivity contribution in [3.63, 3.8) is 0 Å². The van der Waals surface area contributed by atoms with E-state index < -0.39 is 28.7 Å². The van der Waals surface area contributed by atoms with Crippen LogP contribution in [-0.4, -0.2) is 25.9 Å². The number of phenols is 1. The highest BCUT2D eigenvalue weighted by atomic mass is 16.3. The monoisotopic (exact) mass is 332 g/mol. The van der Waals surface area contributed by atoms with Gasteiger partial charge in [0, 0.05) is 14.1 Å². The van der Waals surface area contributed by atoms with Crippen molar-refractivity contribution in [1.29, 1.82) is 0 Å². The fourth-order valence-corrected chi connectivity index (χ4v) is 2.17. The maximum absolute atomic E-state index is 12.3. The quantitative estimate of drug-likeness (QED) is 0.667. The zero-order valence-electron chi connectivity index (χ0n) is 13.3. The van der Waals surface area contributed by atoms with Crippen LogP contribution in [0.15, 0.2) is 27.8 Å². The molecule has 0 aliphatic carbocycles. The highest BCUT2D eigenvalue weighted by molar-refractivity contribution is 6.09. The Labute approximate surface area is 136 Å². The van der Waals surface area contributed by atoms with Crippen molar-refractivity contribution in [2.45, 2.75) is 6.92 Å². The molecule has 9 heteroatoms. The third-order valence-electron chi connectivity index (χ3n) is 3.61. The first-order valence-electron chi connectivity index (χ1n) is 6.86. The van der Waals surface area contributed by atoms with E-state index in [1.807, 2.05) is 0 Å². The number of aromatic hydroxyl groups is 1. The number of carbonyl (C=O) groups is 2. The predicted octanol–water partition coefficient (Wildman–Crippen LogP) is -0.173. The largest absolute Gasteiger partial charge is 0.506 e. The average Bonchev–Trinajstić information content (AvgIpc) is 2.54. The number of carbonyl (C=O) groups excluding carboxylic acids is 2. The second-order valence-corrected chi connectivity index (χ2v) is 5.18. The molecule has 4 N–H and O–H groups in total. The van der Waals surface area contributed by atoms with E-state index in [4.69, 9.17) is 5.73 Å². The van der Waals surface area contributed by atoms with Gasteiger partial charge in [-0.25, -0.2) is 4.79 Å². The van der Waals surface area contributed by atoms with E-state index in [1.165, 1.54) is 39.2 Å². The Bertz CT molecular complexity index is 971. The number of aromatic nitrogens is 2. The molecule has 24 heavy (non-hydrogen) atoms. The maximum Gasteiger partial charge on any atom is 0.332 e. The molecule has 0 bridgehead atoms. The van der Waals surface area contributed by atoms with Gasteiger partial charge < -0.3 is 16.2 Å². The number of nitrogens with zero attached hydrogens (tertiary/aromatic N) is 2. The van der Waals surface area contributed by atoms with Gasteiger partial charge in [-0.05, 0) is 19.1 Å². The van der Waals surface area contributed by atoms with Crippen LogP contribution < -0.4 is 22.3 Å². The minimum atomic E-state index is -0.835. The molecule has 0 saturated carbocycles. The molecule has 0 atom stereocenters. The average molecular weight is 332 g/mol. The standard InChI is InChI=1S/C15H16N4O5/c1-7(20)8-5-4-6-9(11(8)21)13(22)17-10-12(16)18(2)15(24)19(3)14(10)23/h4-6,21H,16H2,1-3H3,(H,17,22). The van der Waals surface area contributed by atoms with Crippen LogP contribution in [0.1, 0.15) is 27.6 Å². The van der Waals surface area contributed by atoms with Gasteiger partial charge >= 0.3 is 5.69 Å². The van der Waals surface area contributed by atoms with E-state index in [1.54, 1.807) is 0 Å². The molecule has 0 radical (unpaired) electrons. The molecule has 0 fully saturated rings. The third kappa shape index (κ3) is 2.67. The SMILES string of the molecule is CC(=O)c1cccc(C(=O)Nc2c(N)n(C)c(=O)n(C)c2=O)c1O. The number of ketones is 1. The van der Waals surface area contributed by atoms with E-state index in [0.717, 1.165) is 9.13 Å². The Morgan fingerprint density at radius 1 is 1.12 bits per heavy atom. The van der Waals surface area contributed by atoms with Crippen LogP contribution in [0, 0.1) is 0 Å². The number of hydrogen-bond acceptors (Lipinski definition) is 6. The van der Waals surface area contributed by atoms with Crippen LogP contribution >= 0.6 is 0 Å². The van der Waals surface area contributed by atoms with Crippen LogP contribution in [0.2, 0.25) is 0 Å². The van der Waals surface area contributed by atoms with Gasteiger partial charge in [0.2, 0.25) is 0 Å². The molecule has 2 rings (SSSR count). The Morgan fingerprint density at radius 2 is 1.71 bits per heavy atom. The molecule has 0 aliphatic heterocycles. The minimum Gasteiger partial charge on any atom is -0.506 e. The third-order valence-corrected chi connectivity index (χ3v) is 3.61. The Hall–Kier alpha value is -3.36. The second kappa shape index (κ2) is 6.03. The summed E-state index contributed by atoms with van der Waals surface area (Å²) in [5, 5.41) is 12.3. The number of nitrogens with two attached hydrogens (primary N) is 1. The summed E-state index contributed by atoms with van der Waals surface area (Å²) in [6.07, 6.45) is 0. The van der Waals surface area contributed by atoms with Gasteiger partial charge in [0.15, 0.2) is 5.78 Å². The molecule has 1 amide bonds. The van der Waals surface area contributed by atoms with Crippen molar-refractivity contribution >= 4 is 23.2 Å². The van der Waals surface area contributed by atoms with Gasteiger partial charge in [-0.2, -0.15) is 0 Å². The number of anilines is 2. The van der Waals surface area contributed by atoms with Crippen LogP contribution in [-0.2, 0) is 14.1 Å². The molecule has 9 nitrogen and oxygen atoms in total. The lowest BCUT2D eigenvalue weighted by Crippen LogP contribution is -2.40. The number of benzene rings is 1. The summed E-state index contributed by atoms with van der Waals surface area (Å²) < 4.78 is 1.79. The molecule has 0 saturated heterocycles. The normalized spacial score (nSPS) is 10.5. The van der Waals surface area contributed by atoms with Crippen LogP contribution in [0.5, 0.6) is 5.75 Å². The minimum absolute atomic E-state index is 0.0241. The summed E-state index contributed by atoms with van der Waals surface area (Å²) in [4.78, 5) is 47.7. The van der Waals surface area contributed by atoms with E-state index in [-0.39, 0.29) is 22.6 Å². The van der Waals surface area contributed by atoms with E-state index in [0.29, 0.717) is 0 Å². The summed E-state index contributed by atoms with van der Waals surface area (Å²) in [6, 6.07) is 4.08. The summed E-state index contributed by atoms with van der Waals surface area (Å²) in [7, 11) is 2.59. The van der Waals surface area contributed by atoms with Gasteiger partial charge in [-0.1, -0.05) is 6.07 Å². The van der Waals surface area contributed by atoms with Crippen LogP contribution in [0.3, 0.4) is 0 Å². The van der Waals surface area contributed by atoms with Crippen molar-refractivity contribution in [2.24, 2.45) is 14.1 Å². The number of nitrogens with one attached hydrogen (secondary N) is 1. The first-order valence-corrected chi connectivity index (χ1v) is 6.86. The summed E-state index contributed by atoms with van der Waals surface area (Å²) in [6.45, 7) is 1.25. The van der Waals surface area contributed by atoms with Gasteiger partial charge in [0.05, 0.1) is 11.1 Å². The first-order chi connectivity index (χ1) is 11.2. The lowest BCUT2D eigenvalue weighted by Gasteiger charge is -2.13. The number of nitrogen functional groups attached to an aromatic ring is 1. The highest BCUT2D eigenvalue weighted by Crippen LogP contribution is 2.24. The van der Waals surface area contributed by atoms with Crippen molar-refractivity contribution < 1.29 is 14.7 Å². The molecule has 2 aromatic rings. The van der Waals surface area contributed by atoms with Gasteiger partial charge in [0.1, 0.15) is 17.3 Å². The molecule has 1 aromatic heterocycles. The van der Waals surface area contributed by atoms with Crippen LogP contribution in [0.25, 0.3) is 0 Å². The molecular formula is C15H16N4O5. The number of phenolic OH excluding ortho intramolecular Hbond substituents is 1. The number of rotatable bonds is 3. The Morgan fingerprint density at radius 3 is 2.29 bits per heavy atom. The van der Waals surface area contributed by atoms with E-state index in [2.05, 4.69) is 5.32 Å². The summed E-state index contributed by atoms with van der Waals surface area (Å²) in [5.74, 6) is -1.97. The topological polar surface area (TPSA) is 136 Å². The maximum atomic E-state index is 12.3. The predicted molar refractivity (Wildman–Crippen MR) is 87.4 cm³/mol. The lowest BCUT2D eigenvalue weighted by atomic mass is 10.1. The lowest BCUT2D eigenvalue weighted by molar-refractivity contribution is 0.101. The second-order valence-electron chi connectivity index (χ2n) is 5.18. The van der Waals surface area contributed by atoms with Gasteiger partial charge in [-0.15, -0.1) is 0 Å². The van der Waals surface area contributed by atoms with Crippen LogP contribution in [0.4, 0.5) is 11.5 Å². The first kappa shape index (κ1) is 17.0. The summed E-state index contributed by atoms with van der Waals surface area (Å²) in [5.41, 5.74) is 3.77. The van der Waals surface area contributed by atoms with Gasteiger partial charge in [-0.3, -0.25) is 23.5 Å². The fourth-order valence-electron chi connectivity index (χ4n) is 2.17. The number of Topliss-reactive ketones (excluding diaryl/α,β-unsaturated/α-hetero) is 1. The zero-order valence-corrected chi connectivity index (χ0v) is 13.3. The molecular weight excluding hydrogens is 316 g/mol. The fraction of sp³-hybridized carbons (Fsp3) is 0.200. The molecule has 0 aliphatic rings. The molecule has 1 aromatic carbocycles.